The summed E-state index contributed by atoms with van der Waals surface area (Å²) in [7, 11) is 1.75. The van der Waals surface area contributed by atoms with Crippen LogP contribution in [-0.4, -0.2) is 63.0 Å². The van der Waals surface area contributed by atoms with Crippen LogP contribution in [0.15, 0.2) is 30.7 Å². The number of imidazole rings is 1. The summed E-state index contributed by atoms with van der Waals surface area (Å²) in [5.41, 5.74) is 1.84. The molecule has 1 aliphatic carbocycles. The van der Waals surface area contributed by atoms with Gasteiger partial charge in [0.2, 0.25) is 0 Å². The third kappa shape index (κ3) is 3.83. The number of aryl methyl sites for hydroxylation is 2. The minimum absolute atomic E-state index is 0.0138. The Morgan fingerprint density at radius 1 is 1.21 bits per heavy atom. The summed E-state index contributed by atoms with van der Waals surface area (Å²) >= 11 is 0. The van der Waals surface area contributed by atoms with Gasteiger partial charge in [0.15, 0.2) is 11.5 Å². The monoisotopic (exact) mass is 521 g/mol. The second-order valence-electron chi connectivity index (χ2n) is 11.0. The zero-order valence-electron chi connectivity index (χ0n) is 21.3. The van der Waals surface area contributed by atoms with Crippen LogP contribution in [0.1, 0.15) is 35.3 Å². The van der Waals surface area contributed by atoms with E-state index in [0.717, 1.165) is 51.4 Å². The van der Waals surface area contributed by atoms with Crippen molar-refractivity contribution in [2.45, 2.75) is 37.8 Å². The van der Waals surface area contributed by atoms with E-state index in [1.807, 2.05) is 6.20 Å². The lowest BCUT2D eigenvalue weighted by atomic mass is 9.74. The lowest BCUT2D eigenvalue weighted by molar-refractivity contribution is 0.00105. The summed E-state index contributed by atoms with van der Waals surface area (Å²) in [6, 6.07) is 2.88. The van der Waals surface area contributed by atoms with E-state index >= 15 is 4.39 Å². The second-order valence-corrected chi connectivity index (χ2v) is 11.0. The van der Waals surface area contributed by atoms with E-state index in [1.54, 1.807) is 31.0 Å². The molecule has 4 aromatic rings. The first-order chi connectivity index (χ1) is 18.3. The molecule has 1 atom stereocenters. The van der Waals surface area contributed by atoms with Crippen molar-refractivity contribution in [3.05, 3.63) is 53.6 Å². The molecule has 1 unspecified atom stereocenters. The number of carbonyl (C=O) groups is 1. The number of benzene rings is 1. The van der Waals surface area contributed by atoms with Gasteiger partial charge in [0.1, 0.15) is 16.9 Å². The van der Waals surface area contributed by atoms with E-state index < -0.39 is 17.5 Å². The van der Waals surface area contributed by atoms with Crippen molar-refractivity contribution in [3.8, 4) is 0 Å². The number of anilines is 2. The Hall–Kier alpha value is -3.57. The van der Waals surface area contributed by atoms with E-state index in [-0.39, 0.29) is 34.1 Å². The highest BCUT2D eigenvalue weighted by Crippen LogP contribution is 2.48. The number of halogens is 2. The van der Waals surface area contributed by atoms with Gasteiger partial charge in [-0.25, -0.2) is 13.8 Å². The smallest absolute Gasteiger partial charge is 0.260 e. The van der Waals surface area contributed by atoms with E-state index in [9.17, 15) is 9.18 Å². The molecule has 1 saturated carbocycles. The van der Waals surface area contributed by atoms with Gasteiger partial charge in [-0.2, -0.15) is 5.10 Å². The lowest BCUT2D eigenvalue weighted by Gasteiger charge is -2.37. The van der Waals surface area contributed by atoms with Crippen LogP contribution in [0.4, 0.5) is 20.2 Å². The fourth-order valence-electron chi connectivity index (χ4n) is 6.36. The quantitative estimate of drug-likeness (QED) is 0.404. The Labute approximate surface area is 217 Å². The molecule has 0 radical (unpaired) electrons. The number of hydrogen-bond acceptors (Lipinski definition) is 6. The molecule has 0 spiro atoms. The largest absolute Gasteiger partial charge is 0.373 e. The SMILES string of the molecule is Cc1cn2cc(NC(=O)c3c(F)cc(N4CCC(NCC56CC(CO5)C6)C4)c4cn(C)nc34)cc(F)c2n1. The minimum Gasteiger partial charge on any atom is -0.373 e. The van der Waals surface area contributed by atoms with Gasteiger partial charge >= 0.3 is 0 Å². The van der Waals surface area contributed by atoms with Crippen LogP contribution in [-0.2, 0) is 11.8 Å². The van der Waals surface area contributed by atoms with E-state index in [0.29, 0.717) is 16.8 Å². The van der Waals surface area contributed by atoms with Crippen molar-refractivity contribution >= 4 is 33.8 Å². The highest BCUT2D eigenvalue weighted by atomic mass is 19.1. The number of rotatable bonds is 6. The summed E-state index contributed by atoms with van der Waals surface area (Å²) in [5, 5.41) is 11.4. The first-order valence-electron chi connectivity index (χ1n) is 13.0. The normalized spacial score (nSPS) is 24.5. The number of ether oxygens (including phenoxy) is 1. The third-order valence-electron chi connectivity index (χ3n) is 8.14. The van der Waals surface area contributed by atoms with Crippen molar-refractivity contribution < 1.29 is 18.3 Å². The Balaban J connectivity index is 1.14. The van der Waals surface area contributed by atoms with Crippen LogP contribution in [0.3, 0.4) is 0 Å². The first-order valence-corrected chi connectivity index (χ1v) is 13.0. The summed E-state index contributed by atoms with van der Waals surface area (Å²) in [4.78, 5) is 19.5. The summed E-state index contributed by atoms with van der Waals surface area (Å²) in [6.45, 7) is 4.99. The van der Waals surface area contributed by atoms with Crippen LogP contribution in [0.2, 0.25) is 0 Å². The Kier molecular flexibility index (Phi) is 5.25. The first kappa shape index (κ1) is 23.5. The van der Waals surface area contributed by atoms with Gasteiger partial charge in [-0.15, -0.1) is 0 Å². The molecule has 198 valence electrons. The summed E-state index contributed by atoms with van der Waals surface area (Å²) in [5.74, 6) is -1.21. The molecule has 11 heteroatoms. The highest BCUT2D eigenvalue weighted by Gasteiger charge is 2.51. The third-order valence-corrected chi connectivity index (χ3v) is 8.14. The van der Waals surface area contributed by atoms with E-state index in [4.69, 9.17) is 4.74 Å². The number of amides is 1. The molecule has 1 aromatic carbocycles. The number of fused-ring (bicyclic) bond motifs is 3. The van der Waals surface area contributed by atoms with Crippen molar-refractivity contribution in [2.24, 2.45) is 13.0 Å². The molecular weight excluding hydrogens is 492 g/mol. The Morgan fingerprint density at radius 3 is 2.84 bits per heavy atom. The van der Waals surface area contributed by atoms with Crippen molar-refractivity contribution in [1.29, 1.82) is 0 Å². The molecule has 8 rings (SSSR count). The molecule has 4 fully saturated rings. The molecule has 2 bridgehead atoms. The van der Waals surface area contributed by atoms with Crippen LogP contribution in [0.5, 0.6) is 0 Å². The molecule has 1 amide bonds. The van der Waals surface area contributed by atoms with Gasteiger partial charge in [-0.1, -0.05) is 0 Å². The van der Waals surface area contributed by atoms with Gasteiger partial charge in [0, 0.05) is 62.8 Å². The second kappa shape index (κ2) is 8.47. The van der Waals surface area contributed by atoms with Crippen molar-refractivity contribution in [2.75, 3.05) is 36.5 Å². The number of pyridine rings is 1. The molecule has 3 aliphatic heterocycles. The molecule has 4 aliphatic rings. The van der Waals surface area contributed by atoms with Gasteiger partial charge in [-0.05, 0) is 38.2 Å². The topological polar surface area (TPSA) is 88.7 Å². The maximum Gasteiger partial charge on any atom is 0.260 e. The standard InChI is InChI=1S/C27H29F2N7O2/c1-15-9-36-11-18(5-21(29)25(36)31-15)32-26(37)23-20(28)6-22(19-12-34(2)33-24(19)23)35-4-3-17(10-35)30-14-27-7-16(8-27)13-38-27/h5-6,9,11-12,16-17,30H,3-4,7-8,10,13-14H2,1-2H3,(H,32,37). The maximum absolute atomic E-state index is 15.6. The molecular formula is C27H29F2N7O2. The van der Waals surface area contributed by atoms with E-state index in [1.165, 1.54) is 16.5 Å². The number of carbonyl (C=O) groups excluding carboxylic acids is 1. The van der Waals surface area contributed by atoms with Gasteiger partial charge in [0.05, 0.1) is 29.3 Å². The zero-order valence-corrected chi connectivity index (χ0v) is 21.3. The molecule has 3 aromatic heterocycles. The molecule has 9 nitrogen and oxygen atoms in total. The van der Waals surface area contributed by atoms with Crippen molar-refractivity contribution in [3.63, 3.8) is 0 Å². The average molecular weight is 522 g/mol. The highest BCUT2D eigenvalue weighted by molar-refractivity contribution is 6.14. The molecule has 38 heavy (non-hydrogen) atoms. The Bertz CT molecular complexity index is 1580. The predicted octanol–water partition coefficient (Wildman–Crippen LogP) is 3.41. The van der Waals surface area contributed by atoms with Gasteiger partial charge < -0.3 is 24.7 Å². The number of aromatic nitrogens is 4. The molecule has 2 N–H and O–H groups in total. The van der Waals surface area contributed by atoms with Gasteiger partial charge in [0.25, 0.3) is 5.91 Å². The summed E-state index contributed by atoms with van der Waals surface area (Å²) < 4.78 is 39.2. The number of nitrogens with one attached hydrogen (secondary N) is 2. The molecule has 6 heterocycles. The van der Waals surface area contributed by atoms with Crippen LogP contribution >= 0.6 is 0 Å². The van der Waals surface area contributed by atoms with E-state index in [2.05, 4.69) is 25.6 Å². The maximum atomic E-state index is 15.6. The molecule has 3 saturated heterocycles. The predicted molar refractivity (Wildman–Crippen MR) is 139 cm³/mol. The van der Waals surface area contributed by atoms with Crippen LogP contribution in [0, 0.1) is 24.5 Å². The number of hydrogen-bond donors (Lipinski definition) is 2. The van der Waals surface area contributed by atoms with Crippen LogP contribution in [0.25, 0.3) is 16.6 Å². The zero-order chi connectivity index (χ0) is 26.2. The number of nitrogens with zero attached hydrogens (tertiary/aromatic N) is 5. The average Bonchev–Trinajstić information content (AvgIpc) is 3.65. The Morgan fingerprint density at radius 2 is 2.05 bits per heavy atom. The van der Waals surface area contributed by atoms with Gasteiger partial charge in [-0.3, -0.25) is 9.48 Å². The van der Waals surface area contributed by atoms with Crippen LogP contribution < -0.4 is 15.5 Å². The fourth-order valence-corrected chi connectivity index (χ4v) is 6.36. The van der Waals surface area contributed by atoms with Crippen molar-refractivity contribution in [1.82, 2.24) is 24.5 Å². The minimum atomic E-state index is -0.691. The lowest BCUT2D eigenvalue weighted by Crippen LogP contribution is -2.49. The fraction of sp³-hybridized carbons (Fsp3) is 0.444. The summed E-state index contributed by atoms with van der Waals surface area (Å²) in [6.07, 6.45) is 8.24.